The number of hydrogen-bond acceptors (Lipinski definition) is 4. The Hall–Kier alpha value is -1.85. The molecule has 1 aliphatic heterocycles. The fourth-order valence-electron chi connectivity index (χ4n) is 2.07. The molecule has 0 amide bonds. The fourth-order valence-corrected chi connectivity index (χ4v) is 2.07. The van der Waals surface area contributed by atoms with Crippen LogP contribution in [0.5, 0.6) is 5.75 Å². The van der Waals surface area contributed by atoms with Gasteiger partial charge in [-0.05, 0) is 5.56 Å². The van der Waals surface area contributed by atoms with Gasteiger partial charge in [-0.2, -0.15) is 5.10 Å². The van der Waals surface area contributed by atoms with Gasteiger partial charge in [0.15, 0.2) is 11.9 Å². The molecule has 0 bridgehead atoms. The normalized spacial score (nSPS) is 22.6. The van der Waals surface area contributed by atoms with E-state index >= 15 is 0 Å². The lowest BCUT2D eigenvalue weighted by Crippen LogP contribution is -2.29. The van der Waals surface area contributed by atoms with Gasteiger partial charge in [0.05, 0.1) is 32.2 Å². The van der Waals surface area contributed by atoms with E-state index in [4.69, 9.17) is 9.47 Å². The van der Waals surface area contributed by atoms with Crippen molar-refractivity contribution in [1.29, 1.82) is 0 Å². The van der Waals surface area contributed by atoms with E-state index in [9.17, 15) is 5.11 Å². The van der Waals surface area contributed by atoms with Crippen molar-refractivity contribution in [1.82, 2.24) is 9.78 Å². The van der Waals surface area contributed by atoms with Gasteiger partial charge in [-0.15, -0.1) is 0 Å². The number of rotatable bonds is 4. The Morgan fingerprint density at radius 2 is 2.16 bits per heavy atom. The summed E-state index contributed by atoms with van der Waals surface area (Å²) >= 11 is 0. The lowest BCUT2D eigenvalue weighted by molar-refractivity contribution is 0.0733. The van der Waals surface area contributed by atoms with Crippen molar-refractivity contribution in [3.8, 4) is 5.75 Å². The third kappa shape index (κ3) is 2.94. The van der Waals surface area contributed by atoms with E-state index in [-0.39, 0.29) is 6.10 Å². The Kier molecular flexibility index (Phi) is 3.48. The molecule has 2 heterocycles. The van der Waals surface area contributed by atoms with Crippen LogP contribution in [0.3, 0.4) is 0 Å². The van der Waals surface area contributed by atoms with Crippen LogP contribution in [-0.4, -0.2) is 40.3 Å². The molecule has 2 atom stereocenters. The summed E-state index contributed by atoms with van der Waals surface area (Å²) in [4.78, 5) is 0. The third-order valence-corrected chi connectivity index (χ3v) is 3.08. The van der Waals surface area contributed by atoms with Crippen molar-refractivity contribution in [3.05, 3.63) is 48.3 Å². The second-order valence-electron chi connectivity index (χ2n) is 4.62. The highest BCUT2D eigenvalue weighted by Gasteiger charge is 2.28. The molecule has 5 heteroatoms. The lowest BCUT2D eigenvalue weighted by atomic mass is 10.2. The second kappa shape index (κ2) is 5.42. The highest BCUT2D eigenvalue weighted by Crippen LogP contribution is 2.16. The molecule has 1 aliphatic rings. The van der Waals surface area contributed by atoms with Crippen molar-refractivity contribution in [2.75, 3.05) is 13.2 Å². The van der Waals surface area contributed by atoms with Gasteiger partial charge < -0.3 is 14.6 Å². The summed E-state index contributed by atoms with van der Waals surface area (Å²) in [7, 11) is 0. The average Bonchev–Trinajstić information content (AvgIpc) is 3.02. The quantitative estimate of drug-likeness (QED) is 0.893. The van der Waals surface area contributed by atoms with Gasteiger partial charge >= 0.3 is 0 Å². The largest absolute Gasteiger partial charge is 0.482 e. The van der Waals surface area contributed by atoms with Gasteiger partial charge in [-0.1, -0.05) is 30.3 Å². The lowest BCUT2D eigenvalue weighted by Gasteiger charge is -2.13. The Balaban J connectivity index is 1.63. The molecular formula is C14H16N2O3. The standard InChI is InChI=1S/C14H16N2O3/c17-13-9-18-10-14(13)19-12-6-15-16(8-12)7-11-4-2-1-3-5-11/h1-6,8,13-14,17H,7,9-10H2. The van der Waals surface area contributed by atoms with Crippen LogP contribution in [0.2, 0.25) is 0 Å². The monoisotopic (exact) mass is 260 g/mol. The van der Waals surface area contributed by atoms with Crippen molar-refractivity contribution >= 4 is 0 Å². The zero-order valence-corrected chi connectivity index (χ0v) is 10.5. The summed E-state index contributed by atoms with van der Waals surface area (Å²) in [5.74, 6) is 0.658. The summed E-state index contributed by atoms with van der Waals surface area (Å²) in [6.45, 7) is 1.46. The highest BCUT2D eigenvalue weighted by atomic mass is 16.6. The van der Waals surface area contributed by atoms with E-state index in [0.29, 0.717) is 25.5 Å². The molecule has 1 saturated heterocycles. The molecule has 1 N–H and O–H groups in total. The molecule has 1 aromatic heterocycles. The third-order valence-electron chi connectivity index (χ3n) is 3.08. The number of aliphatic hydroxyl groups excluding tert-OH is 1. The molecule has 0 aliphatic carbocycles. The molecule has 2 aromatic rings. The summed E-state index contributed by atoms with van der Waals surface area (Å²) < 4.78 is 12.6. The van der Waals surface area contributed by atoms with Gasteiger partial charge in [-0.3, -0.25) is 4.68 Å². The second-order valence-corrected chi connectivity index (χ2v) is 4.62. The van der Waals surface area contributed by atoms with Gasteiger partial charge in [-0.25, -0.2) is 0 Å². The minimum absolute atomic E-state index is 0.297. The molecule has 5 nitrogen and oxygen atoms in total. The molecule has 100 valence electrons. The van der Waals surface area contributed by atoms with Crippen molar-refractivity contribution in [2.24, 2.45) is 0 Å². The van der Waals surface area contributed by atoms with Crippen molar-refractivity contribution < 1.29 is 14.6 Å². The Labute approximate surface area is 111 Å². The first-order valence-corrected chi connectivity index (χ1v) is 6.30. The van der Waals surface area contributed by atoms with Crippen LogP contribution in [0.25, 0.3) is 0 Å². The van der Waals surface area contributed by atoms with Gasteiger partial charge in [0.2, 0.25) is 0 Å². The van der Waals surface area contributed by atoms with Gasteiger partial charge in [0.25, 0.3) is 0 Å². The molecule has 2 unspecified atom stereocenters. The zero-order chi connectivity index (χ0) is 13.1. The molecule has 1 aromatic carbocycles. The van der Waals surface area contributed by atoms with Crippen molar-refractivity contribution in [3.63, 3.8) is 0 Å². The summed E-state index contributed by atoms with van der Waals surface area (Å²) in [5.41, 5.74) is 1.18. The van der Waals surface area contributed by atoms with Crippen LogP contribution in [0, 0.1) is 0 Å². The maximum atomic E-state index is 9.62. The number of ether oxygens (including phenoxy) is 2. The summed E-state index contributed by atoms with van der Waals surface area (Å²) in [6, 6.07) is 10.1. The van der Waals surface area contributed by atoms with Crippen LogP contribution in [0.4, 0.5) is 0 Å². The van der Waals surface area contributed by atoms with Crippen LogP contribution < -0.4 is 4.74 Å². The number of benzene rings is 1. The van der Waals surface area contributed by atoms with E-state index in [1.54, 1.807) is 6.20 Å². The minimum Gasteiger partial charge on any atom is -0.482 e. The van der Waals surface area contributed by atoms with Gasteiger partial charge in [0.1, 0.15) is 6.10 Å². The van der Waals surface area contributed by atoms with E-state index in [2.05, 4.69) is 17.2 Å². The topological polar surface area (TPSA) is 56.5 Å². The highest BCUT2D eigenvalue weighted by molar-refractivity contribution is 5.17. The van der Waals surface area contributed by atoms with Crippen LogP contribution in [0.1, 0.15) is 5.56 Å². The first-order valence-electron chi connectivity index (χ1n) is 6.30. The number of aliphatic hydroxyl groups is 1. The summed E-state index contributed by atoms with van der Waals surface area (Å²) in [6.07, 6.45) is 2.64. The van der Waals surface area contributed by atoms with Crippen LogP contribution in [0.15, 0.2) is 42.7 Å². The molecular weight excluding hydrogens is 244 g/mol. The Morgan fingerprint density at radius 1 is 1.32 bits per heavy atom. The Bertz CT molecular complexity index is 526. The van der Waals surface area contributed by atoms with Crippen molar-refractivity contribution in [2.45, 2.75) is 18.8 Å². The number of nitrogens with zero attached hydrogens (tertiary/aromatic N) is 2. The zero-order valence-electron chi connectivity index (χ0n) is 10.5. The first kappa shape index (κ1) is 12.2. The molecule has 0 spiro atoms. The van der Waals surface area contributed by atoms with E-state index in [1.165, 1.54) is 5.56 Å². The molecule has 1 fully saturated rings. The SMILES string of the molecule is OC1COCC1Oc1cnn(Cc2ccccc2)c1. The maximum Gasteiger partial charge on any atom is 0.157 e. The molecule has 3 rings (SSSR count). The molecule has 19 heavy (non-hydrogen) atoms. The predicted molar refractivity (Wildman–Crippen MR) is 69.0 cm³/mol. The fraction of sp³-hybridized carbons (Fsp3) is 0.357. The van der Waals surface area contributed by atoms with E-state index in [0.717, 1.165) is 0 Å². The molecule has 0 radical (unpaired) electrons. The van der Waals surface area contributed by atoms with Crippen LogP contribution in [-0.2, 0) is 11.3 Å². The van der Waals surface area contributed by atoms with E-state index < -0.39 is 6.10 Å². The summed E-state index contributed by atoms with van der Waals surface area (Å²) in [5, 5.41) is 13.9. The average molecular weight is 260 g/mol. The number of hydrogen-bond donors (Lipinski definition) is 1. The predicted octanol–water partition coefficient (Wildman–Crippen LogP) is 1.07. The first-order chi connectivity index (χ1) is 9.31. The minimum atomic E-state index is -0.558. The van der Waals surface area contributed by atoms with Gasteiger partial charge in [0, 0.05) is 0 Å². The Morgan fingerprint density at radius 3 is 2.89 bits per heavy atom. The number of aromatic nitrogens is 2. The van der Waals surface area contributed by atoms with E-state index in [1.807, 2.05) is 29.1 Å². The maximum absolute atomic E-state index is 9.62. The molecule has 0 saturated carbocycles. The smallest absolute Gasteiger partial charge is 0.157 e. The van der Waals surface area contributed by atoms with Crippen LogP contribution >= 0.6 is 0 Å².